The van der Waals surface area contributed by atoms with Crippen LogP contribution in [0.15, 0.2) is 96.2 Å². The number of aryl methyl sites for hydroxylation is 1. The largest absolute Gasteiger partial charge is 0.493 e. The summed E-state index contributed by atoms with van der Waals surface area (Å²) in [4.78, 5) is 17.0. The second-order valence-corrected chi connectivity index (χ2v) is 8.68. The standard InChI is InChI=1S/C28H24ClN3O2/c1-31-27-15-24(10-11-25(27)26(16-28(31)33)21-8-5-9-22(29)14-21)34-13-12-23-17-30-19-32(23)18-20-6-3-2-4-7-20/h2-11,14-17,19H,12-13,18H2,1H3. The third-order valence-electron chi connectivity index (χ3n) is 5.98. The Bertz CT molecular complexity index is 1510. The first-order valence-corrected chi connectivity index (χ1v) is 11.5. The van der Waals surface area contributed by atoms with Crippen LogP contribution in [0.25, 0.3) is 22.0 Å². The van der Waals surface area contributed by atoms with Gasteiger partial charge in [0.25, 0.3) is 5.56 Å². The summed E-state index contributed by atoms with van der Waals surface area (Å²) in [6.45, 7) is 1.29. The van der Waals surface area contributed by atoms with Crippen LogP contribution in [0.4, 0.5) is 0 Å². The quantitative estimate of drug-likeness (QED) is 0.306. The number of imidazole rings is 1. The predicted octanol–water partition coefficient (Wildman–Crippen LogP) is 5.73. The van der Waals surface area contributed by atoms with Gasteiger partial charge in [-0.2, -0.15) is 0 Å². The molecule has 0 radical (unpaired) electrons. The van der Waals surface area contributed by atoms with Gasteiger partial charge in [-0.25, -0.2) is 4.98 Å². The molecule has 2 aromatic heterocycles. The third kappa shape index (κ3) is 4.61. The summed E-state index contributed by atoms with van der Waals surface area (Å²) in [5.74, 6) is 0.722. The van der Waals surface area contributed by atoms with Gasteiger partial charge in [0.05, 0.1) is 18.5 Å². The van der Waals surface area contributed by atoms with Crippen LogP contribution >= 0.6 is 11.6 Å². The number of benzene rings is 3. The van der Waals surface area contributed by atoms with Crippen LogP contribution in [0, 0.1) is 0 Å². The lowest BCUT2D eigenvalue weighted by Gasteiger charge is -2.13. The number of halogens is 1. The minimum Gasteiger partial charge on any atom is -0.493 e. The van der Waals surface area contributed by atoms with Gasteiger partial charge in [-0.1, -0.05) is 54.1 Å². The van der Waals surface area contributed by atoms with Gasteiger partial charge in [0.1, 0.15) is 5.75 Å². The number of hydrogen-bond acceptors (Lipinski definition) is 3. The van der Waals surface area contributed by atoms with Crippen LogP contribution in [0.5, 0.6) is 5.75 Å². The molecule has 5 nitrogen and oxygen atoms in total. The number of aromatic nitrogens is 3. The van der Waals surface area contributed by atoms with E-state index in [-0.39, 0.29) is 5.56 Å². The number of fused-ring (bicyclic) bond motifs is 1. The topological polar surface area (TPSA) is 49.1 Å². The summed E-state index contributed by atoms with van der Waals surface area (Å²) in [5.41, 5.74) is 4.85. The zero-order chi connectivity index (χ0) is 23.5. The van der Waals surface area contributed by atoms with Crippen molar-refractivity contribution in [3.8, 4) is 16.9 Å². The molecule has 0 spiro atoms. The van der Waals surface area contributed by atoms with E-state index in [4.69, 9.17) is 16.3 Å². The molecule has 5 rings (SSSR count). The van der Waals surface area contributed by atoms with E-state index in [1.54, 1.807) is 17.7 Å². The van der Waals surface area contributed by atoms with Crippen molar-refractivity contribution >= 4 is 22.5 Å². The van der Waals surface area contributed by atoms with Gasteiger partial charge in [-0.15, -0.1) is 0 Å². The second kappa shape index (κ2) is 9.57. The Hall–Kier alpha value is -3.83. The number of hydrogen-bond donors (Lipinski definition) is 0. The van der Waals surface area contributed by atoms with E-state index in [2.05, 4.69) is 21.7 Å². The molecule has 0 bridgehead atoms. The minimum absolute atomic E-state index is 0.0792. The first kappa shape index (κ1) is 22.0. The van der Waals surface area contributed by atoms with Crippen molar-refractivity contribution in [2.24, 2.45) is 7.05 Å². The highest BCUT2D eigenvalue weighted by Gasteiger charge is 2.11. The van der Waals surface area contributed by atoms with E-state index in [1.165, 1.54) is 5.56 Å². The lowest BCUT2D eigenvalue weighted by Crippen LogP contribution is -2.16. The Labute approximate surface area is 202 Å². The maximum atomic E-state index is 12.7. The molecular formula is C28H24ClN3O2. The molecule has 0 atom stereocenters. The fourth-order valence-electron chi connectivity index (χ4n) is 4.17. The van der Waals surface area contributed by atoms with Crippen LogP contribution in [0.3, 0.4) is 0 Å². The maximum Gasteiger partial charge on any atom is 0.251 e. The zero-order valence-corrected chi connectivity index (χ0v) is 19.6. The lowest BCUT2D eigenvalue weighted by molar-refractivity contribution is 0.319. The molecule has 0 saturated heterocycles. The highest BCUT2D eigenvalue weighted by molar-refractivity contribution is 6.30. The lowest BCUT2D eigenvalue weighted by atomic mass is 10.0. The normalized spacial score (nSPS) is 11.1. The Morgan fingerprint density at radius 3 is 2.65 bits per heavy atom. The predicted molar refractivity (Wildman–Crippen MR) is 137 cm³/mol. The summed E-state index contributed by atoms with van der Waals surface area (Å²) in [7, 11) is 1.78. The number of pyridine rings is 1. The van der Waals surface area contributed by atoms with Crippen molar-refractivity contribution in [2.45, 2.75) is 13.0 Å². The highest BCUT2D eigenvalue weighted by atomic mass is 35.5. The van der Waals surface area contributed by atoms with Crippen molar-refractivity contribution in [1.82, 2.24) is 14.1 Å². The van der Waals surface area contributed by atoms with Crippen molar-refractivity contribution in [1.29, 1.82) is 0 Å². The molecule has 0 aliphatic carbocycles. The van der Waals surface area contributed by atoms with Gasteiger partial charge < -0.3 is 13.9 Å². The molecule has 0 saturated carbocycles. The molecule has 0 unspecified atom stereocenters. The monoisotopic (exact) mass is 469 g/mol. The first-order valence-electron chi connectivity index (χ1n) is 11.1. The minimum atomic E-state index is -0.0792. The summed E-state index contributed by atoms with van der Waals surface area (Å²) < 4.78 is 9.86. The highest BCUT2D eigenvalue weighted by Crippen LogP contribution is 2.30. The summed E-state index contributed by atoms with van der Waals surface area (Å²) in [5, 5.41) is 1.61. The third-order valence-corrected chi connectivity index (χ3v) is 6.21. The fourth-order valence-corrected chi connectivity index (χ4v) is 4.36. The average Bonchev–Trinajstić information content (AvgIpc) is 3.29. The van der Waals surface area contributed by atoms with Crippen molar-refractivity contribution in [3.63, 3.8) is 0 Å². The molecule has 6 heteroatoms. The number of rotatable bonds is 7. The Morgan fingerprint density at radius 1 is 0.971 bits per heavy atom. The Morgan fingerprint density at radius 2 is 1.82 bits per heavy atom. The molecule has 0 N–H and O–H groups in total. The van der Waals surface area contributed by atoms with Gasteiger partial charge in [-0.3, -0.25) is 4.79 Å². The summed E-state index contributed by atoms with van der Waals surface area (Å²) in [6, 6.07) is 25.4. The Balaban J connectivity index is 1.35. The SMILES string of the molecule is Cn1c(=O)cc(-c2cccc(Cl)c2)c2ccc(OCCc3cncn3Cc3ccccc3)cc21. The number of ether oxygens (including phenoxy) is 1. The van der Waals surface area contributed by atoms with Crippen LogP contribution < -0.4 is 10.3 Å². The smallest absolute Gasteiger partial charge is 0.251 e. The van der Waals surface area contributed by atoms with E-state index in [9.17, 15) is 4.79 Å². The van der Waals surface area contributed by atoms with Gasteiger partial charge in [0.15, 0.2) is 0 Å². The van der Waals surface area contributed by atoms with Gasteiger partial charge in [0, 0.05) is 54.4 Å². The second-order valence-electron chi connectivity index (χ2n) is 8.24. The van der Waals surface area contributed by atoms with Crippen LogP contribution in [-0.2, 0) is 20.0 Å². The van der Waals surface area contributed by atoms with Gasteiger partial charge >= 0.3 is 0 Å². The van der Waals surface area contributed by atoms with Crippen molar-refractivity contribution in [2.75, 3.05) is 6.61 Å². The number of nitrogens with zero attached hydrogens (tertiary/aromatic N) is 3. The van der Waals surface area contributed by atoms with Crippen LogP contribution in [-0.4, -0.2) is 20.7 Å². The van der Waals surface area contributed by atoms with E-state index in [0.717, 1.165) is 46.4 Å². The molecule has 5 aromatic rings. The van der Waals surface area contributed by atoms with E-state index in [0.29, 0.717) is 11.6 Å². The molecule has 0 amide bonds. The van der Waals surface area contributed by atoms with E-state index in [1.807, 2.05) is 73.2 Å². The van der Waals surface area contributed by atoms with E-state index >= 15 is 0 Å². The van der Waals surface area contributed by atoms with Crippen molar-refractivity contribution < 1.29 is 4.74 Å². The van der Waals surface area contributed by atoms with E-state index < -0.39 is 0 Å². The average molecular weight is 470 g/mol. The van der Waals surface area contributed by atoms with Crippen molar-refractivity contribution in [3.05, 3.63) is 118 Å². The van der Waals surface area contributed by atoms with Gasteiger partial charge in [-0.05, 0) is 41.0 Å². The fraction of sp³-hybridized carbons (Fsp3) is 0.143. The molecule has 0 aliphatic heterocycles. The molecule has 34 heavy (non-hydrogen) atoms. The maximum absolute atomic E-state index is 12.7. The summed E-state index contributed by atoms with van der Waals surface area (Å²) in [6.07, 6.45) is 4.46. The Kier molecular flexibility index (Phi) is 6.19. The molecular weight excluding hydrogens is 446 g/mol. The molecule has 3 aromatic carbocycles. The van der Waals surface area contributed by atoms with Gasteiger partial charge in [0.2, 0.25) is 0 Å². The molecule has 2 heterocycles. The van der Waals surface area contributed by atoms with Crippen LogP contribution in [0.2, 0.25) is 5.02 Å². The molecule has 0 aliphatic rings. The molecule has 170 valence electrons. The zero-order valence-electron chi connectivity index (χ0n) is 18.8. The molecule has 0 fully saturated rings. The summed E-state index contributed by atoms with van der Waals surface area (Å²) >= 11 is 6.19. The first-order chi connectivity index (χ1) is 16.6. The van der Waals surface area contributed by atoms with Crippen LogP contribution in [0.1, 0.15) is 11.3 Å².